The zero-order valence-electron chi connectivity index (χ0n) is 11.7. The van der Waals surface area contributed by atoms with Crippen molar-refractivity contribution in [2.45, 2.75) is 19.3 Å². The standard InChI is InChI=1S/C15H14Cl2N2OS2/c16-11-5-4-10(12(17)9-11)8-13-14(20)19(15(21)22-13)18-6-2-1-3-7-18/h4-5,8-9H,1-3,6-7H2/b13-8+. The predicted octanol–water partition coefficient (Wildman–Crippen LogP) is 4.60. The summed E-state index contributed by atoms with van der Waals surface area (Å²) >= 11 is 18.8. The van der Waals surface area contributed by atoms with Crippen molar-refractivity contribution >= 4 is 63.5 Å². The van der Waals surface area contributed by atoms with Gasteiger partial charge in [0.1, 0.15) is 0 Å². The lowest BCUT2D eigenvalue weighted by atomic mass is 10.1. The molecule has 2 saturated heterocycles. The van der Waals surface area contributed by atoms with Crippen LogP contribution in [0.4, 0.5) is 0 Å². The highest BCUT2D eigenvalue weighted by Crippen LogP contribution is 2.35. The van der Waals surface area contributed by atoms with Gasteiger partial charge >= 0.3 is 0 Å². The van der Waals surface area contributed by atoms with Gasteiger partial charge in [-0.15, -0.1) is 0 Å². The topological polar surface area (TPSA) is 23.6 Å². The summed E-state index contributed by atoms with van der Waals surface area (Å²) in [6.45, 7) is 1.75. The minimum Gasteiger partial charge on any atom is -0.267 e. The zero-order chi connectivity index (χ0) is 15.7. The minimum atomic E-state index is -0.0667. The molecule has 0 spiro atoms. The molecule has 7 heteroatoms. The Morgan fingerprint density at radius 3 is 2.59 bits per heavy atom. The van der Waals surface area contributed by atoms with Crippen LogP contribution in [-0.2, 0) is 4.79 Å². The quantitative estimate of drug-likeness (QED) is 0.559. The molecule has 1 aromatic rings. The first-order valence-electron chi connectivity index (χ1n) is 7.04. The molecule has 0 atom stereocenters. The molecule has 0 bridgehead atoms. The van der Waals surface area contributed by atoms with Gasteiger partial charge in [-0.3, -0.25) is 4.79 Å². The summed E-state index contributed by atoms with van der Waals surface area (Å²) in [6, 6.07) is 5.23. The van der Waals surface area contributed by atoms with Gasteiger partial charge in [-0.05, 0) is 36.6 Å². The van der Waals surface area contributed by atoms with Crippen LogP contribution in [0.25, 0.3) is 6.08 Å². The highest BCUT2D eigenvalue weighted by atomic mass is 35.5. The van der Waals surface area contributed by atoms with E-state index in [1.165, 1.54) is 18.2 Å². The smallest absolute Gasteiger partial charge is 0.267 e. The Morgan fingerprint density at radius 1 is 1.18 bits per heavy atom. The van der Waals surface area contributed by atoms with Crippen LogP contribution >= 0.6 is 47.2 Å². The highest BCUT2D eigenvalue weighted by molar-refractivity contribution is 8.26. The molecule has 0 aromatic heterocycles. The van der Waals surface area contributed by atoms with E-state index in [1.54, 1.807) is 29.3 Å². The molecule has 2 aliphatic heterocycles. The molecule has 0 unspecified atom stereocenters. The van der Waals surface area contributed by atoms with E-state index in [4.69, 9.17) is 35.4 Å². The lowest BCUT2D eigenvalue weighted by Gasteiger charge is -2.33. The summed E-state index contributed by atoms with van der Waals surface area (Å²) in [5.74, 6) is -0.0667. The number of benzene rings is 1. The van der Waals surface area contributed by atoms with Crippen LogP contribution in [0.2, 0.25) is 10.0 Å². The number of hydrogen-bond donors (Lipinski definition) is 0. The number of carbonyl (C=O) groups is 1. The molecule has 1 aromatic carbocycles. The van der Waals surface area contributed by atoms with E-state index >= 15 is 0 Å². The second-order valence-electron chi connectivity index (χ2n) is 5.17. The van der Waals surface area contributed by atoms with Crippen LogP contribution in [-0.4, -0.2) is 33.3 Å². The van der Waals surface area contributed by atoms with Gasteiger partial charge in [0.15, 0.2) is 4.32 Å². The number of hydrogen-bond acceptors (Lipinski definition) is 4. The van der Waals surface area contributed by atoms with Gasteiger partial charge in [-0.25, -0.2) is 10.0 Å². The molecule has 0 aliphatic carbocycles. The fourth-order valence-electron chi connectivity index (χ4n) is 2.54. The number of thioether (sulfide) groups is 1. The number of halogens is 2. The number of rotatable bonds is 2. The lowest BCUT2D eigenvalue weighted by Crippen LogP contribution is -2.47. The number of piperidine rings is 1. The summed E-state index contributed by atoms with van der Waals surface area (Å²) in [4.78, 5) is 13.2. The number of nitrogens with zero attached hydrogens (tertiary/aromatic N) is 2. The van der Waals surface area contributed by atoms with Gasteiger partial charge in [0.2, 0.25) is 0 Å². The molecule has 0 saturated carbocycles. The van der Waals surface area contributed by atoms with Crippen LogP contribution < -0.4 is 0 Å². The average Bonchev–Trinajstić information content (AvgIpc) is 2.77. The molecule has 2 aliphatic rings. The normalized spacial score (nSPS) is 21.9. The third-order valence-electron chi connectivity index (χ3n) is 3.64. The molecular weight excluding hydrogens is 359 g/mol. The first kappa shape index (κ1) is 16.3. The second kappa shape index (κ2) is 6.89. The van der Waals surface area contributed by atoms with Crippen molar-refractivity contribution in [2.75, 3.05) is 13.1 Å². The first-order chi connectivity index (χ1) is 10.6. The number of thiocarbonyl (C=S) groups is 1. The van der Waals surface area contributed by atoms with Crippen LogP contribution in [0, 0.1) is 0 Å². The van der Waals surface area contributed by atoms with Gasteiger partial charge in [-0.1, -0.05) is 59.7 Å². The maximum absolute atomic E-state index is 12.6. The van der Waals surface area contributed by atoms with Crippen LogP contribution in [0.1, 0.15) is 24.8 Å². The van der Waals surface area contributed by atoms with Crippen molar-refractivity contribution in [2.24, 2.45) is 0 Å². The van der Waals surface area contributed by atoms with E-state index in [2.05, 4.69) is 0 Å². The predicted molar refractivity (Wildman–Crippen MR) is 96.9 cm³/mol. The van der Waals surface area contributed by atoms with E-state index < -0.39 is 0 Å². The molecular formula is C15H14Cl2N2OS2. The number of carbonyl (C=O) groups excluding carboxylic acids is 1. The Bertz CT molecular complexity index is 657. The van der Waals surface area contributed by atoms with Crippen molar-refractivity contribution in [3.63, 3.8) is 0 Å². The van der Waals surface area contributed by atoms with Crippen LogP contribution in [0.5, 0.6) is 0 Å². The van der Waals surface area contributed by atoms with Gasteiger partial charge < -0.3 is 0 Å². The molecule has 22 heavy (non-hydrogen) atoms. The molecule has 2 heterocycles. The fourth-order valence-corrected chi connectivity index (χ4v) is 4.30. The largest absolute Gasteiger partial charge is 0.280 e. The maximum atomic E-state index is 12.6. The summed E-state index contributed by atoms with van der Waals surface area (Å²) < 4.78 is 0.586. The van der Waals surface area contributed by atoms with E-state index in [0.717, 1.165) is 31.5 Å². The zero-order valence-corrected chi connectivity index (χ0v) is 14.9. The summed E-state index contributed by atoms with van der Waals surface area (Å²) in [6.07, 6.45) is 5.18. The van der Waals surface area contributed by atoms with E-state index in [9.17, 15) is 4.79 Å². The third kappa shape index (κ3) is 3.34. The Labute approximate surface area is 149 Å². The minimum absolute atomic E-state index is 0.0667. The Hall–Kier alpha value is -0.590. The Kier molecular flexibility index (Phi) is 5.10. The molecule has 0 N–H and O–H groups in total. The first-order valence-corrected chi connectivity index (χ1v) is 9.02. The van der Waals surface area contributed by atoms with Crippen molar-refractivity contribution in [3.8, 4) is 0 Å². The fraction of sp³-hybridized carbons (Fsp3) is 0.333. The Morgan fingerprint density at radius 2 is 1.91 bits per heavy atom. The average molecular weight is 373 g/mol. The van der Waals surface area contributed by atoms with Crippen molar-refractivity contribution < 1.29 is 4.79 Å². The van der Waals surface area contributed by atoms with E-state index in [-0.39, 0.29) is 5.91 Å². The van der Waals surface area contributed by atoms with Crippen LogP contribution in [0.3, 0.4) is 0 Å². The summed E-state index contributed by atoms with van der Waals surface area (Å²) in [7, 11) is 0. The molecule has 3 nitrogen and oxygen atoms in total. The third-order valence-corrected chi connectivity index (χ3v) is 5.48. The van der Waals surface area contributed by atoms with Crippen molar-refractivity contribution in [1.29, 1.82) is 0 Å². The van der Waals surface area contributed by atoms with E-state index in [1.807, 2.05) is 5.01 Å². The van der Waals surface area contributed by atoms with Gasteiger partial charge in [0.25, 0.3) is 5.91 Å². The Balaban J connectivity index is 1.85. The van der Waals surface area contributed by atoms with Crippen molar-refractivity contribution in [3.05, 3.63) is 38.7 Å². The maximum Gasteiger partial charge on any atom is 0.280 e. The molecule has 116 valence electrons. The number of amides is 1. The molecule has 3 rings (SSSR count). The van der Waals surface area contributed by atoms with Crippen molar-refractivity contribution in [1.82, 2.24) is 10.0 Å². The lowest BCUT2D eigenvalue weighted by molar-refractivity contribution is -0.134. The van der Waals surface area contributed by atoms with Crippen LogP contribution in [0.15, 0.2) is 23.1 Å². The molecule has 0 radical (unpaired) electrons. The number of hydrazine groups is 1. The molecule has 1 amide bonds. The van der Waals surface area contributed by atoms with Gasteiger partial charge in [0, 0.05) is 23.1 Å². The SMILES string of the molecule is O=C1/C(=C\c2ccc(Cl)cc2Cl)SC(=S)N1N1CCCCC1. The van der Waals surface area contributed by atoms with Gasteiger partial charge in [0.05, 0.1) is 4.91 Å². The highest BCUT2D eigenvalue weighted by Gasteiger charge is 2.36. The van der Waals surface area contributed by atoms with E-state index in [0.29, 0.717) is 19.3 Å². The molecule has 2 fully saturated rings. The second-order valence-corrected chi connectivity index (χ2v) is 7.69. The summed E-state index contributed by atoms with van der Waals surface area (Å²) in [5, 5.41) is 4.78. The van der Waals surface area contributed by atoms with Gasteiger partial charge in [-0.2, -0.15) is 0 Å². The summed E-state index contributed by atoms with van der Waals surface area (Å²) in [5.41, 5.74) is 0.769. The monoisotopic (exact) mass is 372 g/mol.